The standard InChI is InChI=1S/C15H15N3O2S/c19-15(10-6-7-10)16-14-12-8-21(20)9-13(12)17-18(14)11-4-2-1-3-5-11/h1-5,10H,6-9H2,(H,16,19). The molecule has 0 bridgehead atoms. The zero-order valence-corrected chi connectivity index (χ0v) is 12.2. The van der Waals surface area contributed by atoms with E-state index in [2.05, 4.69) is 10.4 Å². The summed E-state index contributed by atoms with van der Waals surface area (Å²) in [4.78, 5) is 12.1. The van der Waals surface area contributed by atoms with E-state index in [1.54, 1.807) is 4.68 Å². The fourth-order valence-electron chi connectivity index (χ4n) is 2.58. The van der Waals surface area contributed by atoms with Gasteiger partial charge in [-0.05, 0) is 25.0 Å². The van der Waals surface area contributed by atoms with Crippen molar-refractivity contribution in [2.75, 3.05) is 5.32 Å². The molecule has 1 saturated carbocycles. The van der Waals surface area contributed by atoms with Crippen LogP contribution in [0.5, 0.6) is 0 Å². The molecule has 2 aliphatic rings. The van der Waals surface area contributed by atoms with E-state index in [0.29, 0.717) is 17.3 Å². The first-order valence-corrected chi connectivity index (χ1v) is 8.53. The number of carbonyl (C=O) groups is 1. The number of rotatable bonds is 3. The van der Waals surface area contributed by atoms with E-state index in [9.17, 15) is 9.00 Å². The zero-order valence-electron chi connectivity index (χ0n) is 11.4. The molecule has 4 rings (SSSR count). The van der Waals surface area contributed by atoms with Gasteiger partial charge in [0.1, 0.15) is 5.82 Å². The molecule has 21 heavy (non-hydrogen) atoms. The highest BCUT2D eigenvalue weighted by Crippen LogP contribution is 2.34. The Morgan fingerprint density at radius 1 is 1.24 bits per heavy atom. The molecule has 0 spiro atoms. The quantitative estimate of drug-likeness (QED) is 0.943. The van der Waals surface area contributed by atoms with Crippen molar-refractivity contribution in [3.05, 3.63) is 41.6 Å². The van der Waals surface area contributed by atoms with Gasteiger partial charge in [-0.15, -0.1) is 0 Å². The minimum atomic E-state index is -0.900. The summed E-state index contributed by atoms with van der Waals surface area (Å²) >= 11 is 0. The van der Waals surface area contributed by atoms with Gasteiger partial charge in [-0.1, -0.05) is 18.2 Å². The maximum Gasteiger partial charge on any atom is 0.228 e. The predicted molar refractivity (Wildman–Crippen MR) is 80.5 cm³/mol. The molecule has 1 aromatic carbocycles. The highest BCUT2D eigenvalue weighted by Gasteiger charge is 2.33. The van der Waals surface area contributed by atoms with Gasteiger partial charge in [0.15, 0.2) is 0 Å². The third kappa shape index (κ3) is 2.29. The van der Waals surface area contributed by atoms with Crippen LogP contribution in [0.15, 0.2) is 30.3 Å². The van der Waals surface area contributed by atoms with Crippen molar-refractivity contribution in [3.63, 3.8) is 0 Å². The minimum absolute atomic E-state index is 0.0487. The molecule has 1 N–H and O–H groups in total. The second kappa shape index (κ2) is 4.80. The van der Waals surface area contributed by atoms with Gasteiger partial charge >= 0.3 is 0 Å². The van der Waals surface area contributed by atoms with Crippen molar-refractivity contribution in [2.24, 2.45) is 5.92 Å². The van der Waals surface area contributed by atoms with E-state index in [-0.39, 0.29) is 11.8 Å². The Morgan fingerprint density at radius 3 is 2.71 bits per heavy atom. The summed E-state index contributed by atoms with van der Waals surface area (Å²) in [6.45, 7) is 0. The number of para-hydroxylation sites is 1. The summed E-state index contributed by atoms with van der Waals surface area (Å²) in [6, 6.07) is 9.72. The molecule has 1 aromatic heterocycles. The molecule has 0 saturated heterocycles. The third-order valence-corrected chi connectivity index (χ3v) is 5.07. The number of hydrogen-bond acceptors (Lipinski definition) is 3. The number of aromatic nitrogens is 2. The SMILES string of the molecule is O=C(Nc1c2c(nn1-c1ccccc1)CS(=O)C2)C1CC1. The molecular formula is C15H15N3O2S. The average Bonchev–Trinajstić information content (AvgIpc) is 3.21. The first-order chi connectivity index (χ1) is 10.2. The lowest BCUT2D eigenvalue weighted by atomic mass is 10.2. The molecule has 2 heterocycles. The van der Waals surface area contributed by atoms with Crippen LogP contribution in [-0.4, -0.2) is 19.9 Å². The summed E-state index contributed by atoms with van der Waals surface area (Å²) < 4.78 is 13.5. The molecule has 1 fully saturated rings. The molecule has 1 aliphatic heterocycles. The van der Waals surface area contributed by atoms with Crippen molar-refractivity contribution in [3.8, 4) is 5.69 Å². The van der Waals surface area contributed by atoms with E-state index in [4.69, 9.17) is 0 Å². The maximum atomic E-state index is 12.1. The second-order valence-corrected chi connectivity index (χ2v) is 6.97. The summed E-state index contributed by atoms with van der Waals surface area (Å²) in [6.07, 6.45) is 1.92. The Balaban J connectivity index is 1.77. The number of fused-ring (bicyclic) bond motifs is 1. The van der Waals surface area contributed by atoms with Crippen molar-refractivity contribution in [2.45, 2.75) is 24.3 Å². The number of nitrogens with zero attached hydrogens (tertiary/aromatic N) is 2. The molecule has 108 valence electrons. The smallest absolute Gasteiger partial charge is 0.228 e. The van der Waals surface area contributed by atoms with Gasteiger partial charge in [0, 0.05) is 22.3 Å². The van der Waals surface area contributed by atoms with Gasteiger partial charge < -0.3 is 5.32 Å². The van der Waals surface area contributed by atoms with Gasteiger partial charge in [0.25, 0.3) is 0 Å². The Morgan fingerprint density at radius 2 is 2.00 bits per heavy atom. The van der Waals surface area contributed by atoms with Crippen LogP contribution in [0.2, 0.25) is 0 Å². The summed E-state index contributed by atoms with van der Waals surface area (Å²) in [5.41, 5.74) is 2.67. The van der Waals surface area contributed by atoms with E-state index in [0.717, 1.165) is 29.8 Å². The lowest BCUT2D eigenvalue weighted by molar-refractivity contribution is -0.117. The number of amides is 1. The van der Waals surface area contributed by atoms with E-state index < -0.39 is 10.8 Å². The zero-order chi connectivity index (χ0) is 14.4. The highest BCUT2D eigenvalue weighted by molar-refractivity contribution is 7.83. The monoisotopic (exact) mass is 301 g/mol. The van der Waals surface area contributed by atoms with Gasteiger partial charge in [0.05, 0.1) is 22.9 Å². The normalized spacial score (nSPS) is 20.3. The molecule has 6 heteroatoms. The lowest BCUT2D eigenvalue weighted by Crippen LogP contribution is -2.17. The topological polar surface area (TPSA) is 64.0 Å². The number of benzene rings is 1. The number of nitrogens with one attached hydrogen (secondary N) is 1. The molecule has 2 aromatic rings. The van der Waals surface area contributed by atoms with E-state index in [1.807, 2.05) is 30.3 Å². The van der Waals surface area contributed by atoms with Crippen LogP contribution in [0, 0.1) is 5.92 Å². The largest absolute Gasteiger partial charge is 0.310 e. The Kier molecular flexibility index (Phi) is 2.92. The van der Waals surface area contributed by atoms with Crippen LogP contribution in [-0.2, 0) is 27.1 Å². The van der Waals surface area contributed by atoms with Crippen LogP contribution in [0.25, 0.3) is 5.69 Å². The van der Waals surface area contributed by atoms with Gasteiger partial charge in [0.2, 0.25) is 5.91 Å². The first-order valence-electron chi connectivity index (χ1n) is 7.04. The first kappa shape index (κ1) is 12.8. The fourth-order valence-corrected chi connectivity index (χ4v) is 3.84. The molecule has 5 nitrogen and oxygen atoms in total. The second-order valence-electron chi connectivity index (χ2n) is 5.51. The predicted octanol–water partition coefficient (Wildman–Crippen LogP) is 1.98. The summed E-state index contributed by atoms with van der Waals surface area (Å²) in [7, 11) is -0.900. The van der Waals surface area contributed by atoms with Crippen LogP contribution in [0.3, 0.4) is 0 Å². The fraction of sp³-hybridized carbons (Fsp3) is 0.333. The lowest BCUT2D eigenvalue weighted by Gasteiger charge is -2.10. The Hall–Kier alpha value is -1.95. The van der Waals surface area contributed by atoms with Crippen molar-refractivity contribution >= 4 is 22.5 Å². The van der Waals surface area contributed by atoms with E-state index >= 15 is 0 Å². The molecule has 1 unspecified atom stereocenters. The van der Waals surface area contributed by atoms with Crippen molar-refractivity contribution < 1.29 is 9.00 Å². The number of anilines is 1. The minimum Gasteiger partial charge on any atom is -0.310 e. The van der Waals surface area contributed by atoms with Gasteiger partial charge in [-0.25, -0.2) is 4.68 Å². The van der Waals surface area contributed by atoms with Crippen molar-refractivity contribution in [1.29, 1.82) is 0 Å². The van der Waals surface area contributed by atoms with Crippen LogP contribution >= 0.6 is 0 Å². The molecule has 1 aliphatic carbocycles. The Labute approximate surface area is 124 Å². The summed E-state index contributed by atoms with van der Waals surface area (Å²) in [5.74, 6) is 1.82. The molecule has 1 amide bonds. The maximum absolute atomic E-state index is 12.1. The Bertz CT molecular complexity index is 735. The average molecular weight is 301 g/mol. The molecule has 1 atom stereocenters. The summed E-state index contributed by atoms with van der Waals surface area (Å²) in [5, 5.41) is 7.55. The van der Waals surface area contributed by atoms with E-state index in [1.165, 1.54) is 0 Å². The van der Waals surface area contributed by atoms with Gasteiger partial charge in [-0.2, -0.15) is 5.10 Å². The van der Waals surface area contributed by atoms with Crippen LogP contribution in [0.1, 0.15) is 24.1 Å². The highest BCUT2D eigenvalue weighted by atomic mass is 32.2. The van der Waals surface area contributed by atoms with Gasteiger partial charge in [-0.3, -0.25) is 9.00 Å². The number of carbonyl (C=O) groups excluding carboxylic acids is 1. The van der Waals surface area contributed by atoms with Crippen LogP contribution in [0.4, 0.5) is 5.82 Å². The molecule has 0 radical (unpaired) electrons. The third-order valence-electron chi connectivity index (χ3n) is 3.86. The molecular weight excluding hydrogens is 286 g/mol. The van der Waals surface area contributed by atoms with Crippen LogP contribution < -0.4 is 5.32 Å². The number of hydrogen-bond donors (Lipinski definition) is 1. The van der Waals surface area contributed by atoms with Crippen molar-refractivity contribution in [1.82, 2.24) is 9.78 Å².